The van der Waals surface area contributed by atoms with Crippen LogP contribution in [0.15, 0.2) is 48.5 Å². The summed E-state index contributed by atoms with van der Waals surface area (Å²) in [5.74, 6) is 0.147. The monoisotopic (exact) mass is 228 g/mol. The normalized spacial score (nSPS) is 9.94. The van der Waals surface area contributed by atoms with E-state index in [1.165, 1.54) is 12.1 Å². The first-order chi connectivity index (χ1) is 8.15. The summed E-state index contributed by atoms with van der Waals surface area (Å²) in [5, 5.41) is 9.10. The van der Waals surface area contributed by atoms with Gasteiger partial charge in [0.05, 0.1) is 5.56 Å². The van der Waals surface area contributed by atoms with Crippen LogP contribution in [0.1, 0.15) is 15.9 Å². The first-order valence-electron chi connectivity index (χ1n) is 5.23. The van der Waals surface area contributed by atoms with Gasteiger partial charge in [-0.05, 0) is 43.3 Å². The van der Waals surface area contributed by atoms with Gasteiger partial charge in [0.1, 0.15) is 11.5 Å². The second kappa shape index (κ2) is 4.70. The molecule has 3 heteroatoms. The second-order valence-corrected chi connectivity index (χ2v) is 3.75. The van der Waals surface area contributed by atoms with Crippen molar-refractivity contribution in [2.24, 2.45) is 0 Å². The lowest BCUT2D eigenvalue weighted by Crippen LogP contribution is -2.08. The predicted octanol–water partition coefficient (Wildman–Crippen LogP) is 2.92. The lowest BCUT2D eigenvalue weighted by molar-refractivity contribution is 0.0734. The van der Waals surface area contributed by atoms with E-state index in [1.807, 2.05) is 19.1 Å². The number of carbonyl (C=O) groups is 1. The van der Waals surface area contributed by atoms with Crippen LogP contribution in [0.4, 0.5) is 0 Å². The highest BCUT2D eigenvalue weighted by Gasteiger charge is 2.08. The molecular weight excluding hydrogens is 216 g/mol. The molecule has 0 heterocycles. The number of hydrogen-bond donors (Lipinski definition) is 1. The Balaban J connectivity index is 2.14. The van der Waals surface area contributed by atoms with E-state index in [9.17, 15) is 4.79 Å². The van der Waals surface area contributed by atoms with Gasteiger partial charge in [-0.15, -0.1) is 0 Å². The lowest BCUT2D eigenvalue weighted by atomic mass is 10.1. The van der Waals surface area contributed by atoms with Gasteiger partial charge in [0.25, 0.3) is 0 Å². The van der Waals surface area contributed by atoms with Gasteiger partial charge in [-0.1, -0.05) is 17.7 Å². The number of esters is 1. The van der Waals surface area contributed by atoms with Crippen molar-refractivity contribution in [3.63, 3.8) is 0 Å². The zero-order valence-electron chi connectivity index (χ0n) is 9.38. The molecule has 0 fully saturated rings. The van der Waals surface area contributed by atoms with E-state index >= 15 is 0 Å². The Morgan fingerprint density at radius 3 is 2.47 bits per heavy atom. The van der Waals surface area contributed by atoms with E-state index in [4.69, 9.17) is 9.84 Å². The second-order valence-electron chi connectivity index (χ2n) is 3.75. The number of rotatable bonds is 2. The molecule has 2 aromatic carbocycles. The Kier molecular flexibility index (Phi) is 3.10. The molecule has 3 nitrogen and oxygen atoms in total. The standard InChI is InChI=1S/C14H12O3/c1-10-3-2-4-11(9-10)14(16)17-13-7-5-12(15)6-8-13/h2-9,15H,1H3. The van der Waals surface area contributed by atoms with Crippen molar-refractivity contribution >= 4 is 5.97 Å². The Hall–Kier alpha value is -2.29. The molecule has 0 spiro atoms. The van der Waals surface area contributed by atoms with Crippen LogP contribution in [-0.2, 0) is 0 Å². The van der Waals surface area contributed by atoms with E-state index in [1.54, 1.807) is 24.3 Å². The smallest absolute Gasteiger partial charge is 0.343 e. The van der Waals surface area contributed by atoms with Crippen molar-refractivity contribution in [1.29, 1.82) is 0 Å². The first kappa shape index (κ1) is 11.2. The summed E-state index contributed by atoms with van der Waals surface area (Å²) in [6.45, 7) is 1.91. The fourth-order valence-corrected chi connectivity index (χ4v) is 1.45. The molecule has 0 aliphatic rings. The number of aryl methyl sites for hydroxylation is 1. The molecule has 2 aromatic rings. The van der Waals surface area contributed by atoms with Crippen LogP contribution >= 0.6 is 0 Å². The number of phenols is 1. The lowest BCUT2D eigenvalue weighted by Gasteiger charge is -2.04. The van der Waals surface area contributed by atoms with E-state index in [0.29, 0.717) is 11.3 Å². The number of phenolic OH excluding ortho intramolecular Hbond substituents is 1. The highest BCUT2D eigenvalue weighted by molar-refractivity contribution is 5.91. The Morgan fingerprint density at radius 1 is 1.12 bits per heavy atom. The molecule has 86 valence electrons. The Labute approximate surface area is 99.3 Å². The summed E-state index contributed by atoms with van der Waals surface area (Å²) in [7, 11) is 0. The maximum absolute atomic E-state index is 11.8. The molecule has 0 bridgehead atoms. The topological polar surface area (TPSA) is 46.5 Å². The van der Waals surface area contributed by atoms with Crippen molar-refractivity contribution < 1.29 is 14.6 Å². The molecule has 0 radical (unpaired) electrons. The third-order valence-corrected chi connectivity index (χ3v) is 2.30. The van der Waals surface area contributed by atoms with Crippen LogP contribution in [-0.4, -0.2) is 11.1 Å². The average Bonchev–Trinajstić information content (AvgIpc) is 2.32. The first-order valence-corrected chi connectivity index (χ1v) is 5.23. The minimum absolute atomic E-state index is 0.139. The van der Waals surface area contributed by atoms with Crippen LogP contribution in [0.5, 0.6) is 11.5 Å². The number of carbonyl (C=O) groups excluding carboxylic acids is 1. The van der Waals surface area contributed by atoms with E-state index in [2.05, 4.69) is 0 Å². The van der Waals surface area contributed by atoms with Gasteiger partial charge < -0.3 is 9.84 Å². The molecule has 0 saturated heterocycles. The molecule has 0 atom stereocenters. The fourth-order valence-electron chi connectivity index (χ4n) is 1.45. The molecule has 0 amide bonds. The van der Waals surface area contributed by atoms with Gasteiger partial charge in [0.15, 0.2) is 0 Å². The van der Waals surface area contributed by atoms with Crippen molar-refractivity contribution in [2.45, 2.75) is 6.92 Å². The zero-order chi connectivity index (χ0) is 12.3. The van der Waals surface area contributed by atoms with E-state index in [-0.39, 0.29) is 5.75 Å². The highest BCUT2D eigenvalue weighted by Crippen LogP contribution is 2.17. The third kappa shape index (κ3) is 2.84. The summed E-state index contributed by atoms with van der Waals surface area (Å²) in [6.07, 6.45) is 0. The van der Waals surface area contributed by atoms with Crippen LogP contribution < -0.4 is 4.74 Å². The van der Waals surface area contributed by atoms with Gasteiger partial charge in [0, 0.05) is 0 Å². The molecule has 17 heavy (non-hydrogen) atoms. The summed E-state index contributed by atoms with van der Waals surface area (Å²) in [5.41, 5.74) is 1.52. The fraction of sp³-hybridized carbons (Fsp3) is 0.0714. The molecular formula is C14H12O3. The largest absolute Gasteiger partial charge is 0.508 e. The zero-order valence-corrected chi connectivity index (χ0v) is 9.38. The highest BCUT2D eigenvalue weighted by atomic mass is 16.5. The minimum Gasteiger partial charge on any atom is -0.508 e. The molecule has 0 unspecified atom stereocenters. The van der Waals surface area contributed by atoms with Gasteiger partial charge in [-0.3, -0.25) is 0 Å². The summed E-state index contributed by atoms with van der Waals surface area (Å²) < 4.78 is 5.16. The Morgan fingerprint density at radius 2 is 1.82 bits per heavy atom. The van der Waals surface area contributed by atoms with Crippen LogP contribution in [0.2, 0.25) is 0 Å². The van der Waals surface area contributed by atoms with Crippen molar-refractivity contribution in [1.82, 2.24) is 0 Å². The van der Waals surface area contributed by atoms with Crippen molar-refractivity contribution in [3.05, 3.63) is 59.7 Å². The van der Waals surface area contributed by atoms with E-state index < -0.39 is 5.97 Å². The minimum atomic E-state index is -0.403. The summed E-state index contributed by atoms with van der Waals surface area (Å²) in [6, 6.07) is 13.2. The Bertz CT molecular complexity index is 529. The SMILES string of the molecule is Cc1cccc(C(=O)Oc2ccc(O)cc2)c1. The maximum Gasteiger partial charge on any atom is 0.343 e. The molecule has 2 rings (SSSR count). The number of benzene rings is 2. The average molecular weight is 228 g/mol. The van der Waals surface area contributed by atoms with Crippen LogP contribution in [0.3, 0.4) is 0 Å². The number of hydrogen-bond acceptors (Lipinski definition) is 3. The molecule has 0 aliphatic carbocycles. The maximum atomic E-state index is 11.8. The van der Waals surface area contributed by atoms with Crippen molar-refractivity contribution in [3.8, 4) is 11.5 Å². The van der Waals surface area contributed by atoms with Crippen LogP contribution in [0.25, 0.3) is 0 Å². The number of ether oxygens (including phenoxy) is 1. The van der Waals surface area contributed by atoms with Gasteiger partial charge in [-0.25, -0.2) is 4.79 Å². The van der Waals surface area contributed by atoms with Gasteiger partial charge >= 0.3 is 5.97 Å². The molecule has 0 aliphatic heterocycles. The van der Waals surface area contributed by atoms with Gasteiger partial charge in [-0.2, -0.15) is 0 Å². The van der Waals surface area contributed by atoms with Gasteiger partial charge in [0.2, 0.25) is 0 Å². The van der Waals surface area contributed by atoms with E-state index in [0.717, 1.165) is 5.56 Å². The summed E-state index contributed by atoms with van der Waals surface area (Å²) in [4.78, 5) is 11.8. The molecule has 0 saturated carbocycles. The molecule has 1 N–H and O–H groups in total. The third-order valence-electron chi connectivity index (χ3n) is 2.30. The summed E-state index contributed by atoms with van der Waals surface area (Å²) >= 11 is 0. The van der Waals surface area contributed by atoms with Crippen molar-refractivity contribution in [2.75, 3.05) is 0 Å². The predicted molar refractivity (Wildman–Crippen MR) is 64.2 cm³/mol. The van der Waals surface area contributed by atoms with Crippen LogP contribution in [0, 0.1) is 6.92 Å². The number of aromatic hydroxyl groups is 1. The molecule has 0 aromatic heterocycles. The quantitative estimate of drug-likeness (QED) is 0.635.